The minimum absolute atomic E-state index is 0.192. The molecule has 1 aliphatic carbocycles. The van der Waals surface area contributed by atoms with Crippen LogP contribution in [-0.4, -0.2) is 28.5 Å². The van der Waals surface area contributed by atoms with E-state index in [-0.39, 0.29) is 11.3 Å². The normalized spacial score (nSPS) is 27.1. The van der Waals surface area contributed by atoms with Crippen LogP contribution in [0.1, 0.15) is 31.5 Å². The number of para-hydroxylation sites is 2. The van der Waals surface area contributed by atoms with Crippen molar-refractivity contribution < 1.29 is 4.79 Å². The lowest BCUT2D eigenvalue weighted by molar-refractivity contribution is -0.134. The number of aromatic nitrogens is 2. The van der Waals surface area contributed by atoms with Crippen LogP contribution in [0.15, 0.2) is 24.3 Å². The van der Waals surface area contributed by atoms with Crippen LogP contribution in [0, 0.1) is 11.3 Å². The minimum atomic E-state index is -0.192. The van der Waals surface area contributed by atoms with Gasteiger partial charge in [0.25, 0.3) is 0 Å². The predicted octanol–water partition coefficient (Wildman–Crippen LogP) is 1.97. The number of amides is 1. The van der Waals surface area contributed by atoms with Crippen molar-refractivity contribution in [3.8, 4) is 0 Å². The fourth-order valence-electron chi connectivity index (χ4n) is 4.38. The summed E-state index contributed by atoms with van der Waals surface area (Å²) in [6.45, 7) is 2.31. The monoisotopic (exact) mass is 312 g/mol. The fraction of sp³-hybridized carbons (Fsp3) is 0.556. The standard InChI is InChI=1S/C18H24N4O/c1-22-15-8-3-2-7-14(15)21-16(22)11-20-17(23)18-9-5-4-6-13(18)10-19-12-18/h2-3,7-8,13,19H,4-6,9-12H2,1H3,(H,20,23)/t13-,18+/m0/s1. The van der Waals surface area contributed by atoms with Crippen molar-refractivity contribution in [2.45, 2.75) is 32.2 Å². The molecule has 2 N–H and O–H groups in total. The molecule has 122 valence electrons. The Labute approximate surface area is 136 Å². The van der Waals surface area contributed by atoms with Crippen LogP contribution >= 0.6 is 0 Å². The number of rotatable bonds is 3. The average molecular weight is 312 g/mol. The molecule has 5 nitrogen and oxygen atoms in total. The number of aryl methyl sites for hydroxylation is 1. The van der Waals surface area contributed by atoms with Crippen molar-refractivity contribution in [3.05, 3.63) is 30.1 Å². The molecular weight excluding hydrogens is 288 g/mol. The van der Waals surface area contributed by atoms with E-state index in [1.165, 1.54) is 12.8 Å². The zero-order chi connectivity index (χ0) is 15.9. The SMILES string of the molecule is Cn1c(CNC(=O)[C@@]23CCCC[C@H]2CNC3)nc2ccccc21. The van der Waals surface area contributed by atoms with Gasteiger partial charge in [-0.15, -0.1) is 0 Å². The number of nitrogens with one attached hydrogen (secondary N) is 2. The number of hydrogen-bond donors (Lipinski definition) is 2. The van der Waals surface area contributed by atoms with Crippen molar-refractivity contribution in [2.75, 3.05) is 13.1 Å². The number of hydrogen-bond acceptors (Lipinski definition) is 3. The van der Waals surface area contributed by atoms with Gasteiger partial charge in [0.2, 0.25) is 5.91 Å². The Morgan fingerprint density at radius 2 is 2.30 bits per heavy atom. The maximum absolute atomic E-state index is 12.9. The second-order valence-electron chi connectivity index (χ2n) is 6.99. The van der Waals surface area contributed by atoms with Gasteiger partial charge in [0.15, 0.2) is 0 Å². The van der Waals surface area contributed by atoms with E-state index in [0.29, 0.717) is 12.5 Å². The molecule has 2 aliphatic rings. The number of benzene rings is 1. The molecule has 2 heterocycles. The molecule has 4 rings (SSSR count). The number of carbonyl (C=O) groups is 1. The fourth-order valence-corrected chi connectivity index (χ4v) is 4.38. The molecule has 1 aromatic carbocycles. The highest BCUT2D eigenvalue weighted by Crippen LogP contribution is 2.43. The third-order valence-electron chi connectivity index (χ3n) is 5.78. The van der Waals surface area contributed by atoms with Crippen molar-refractivity contribution >= 4 is 16.9 Å². The van der Waals surface area contributed by atoms with Gasteiger partial charge in [-0.1, -0.05) is 25.0 Å². The molecule has 2 fully saturated rings. The van der Waals surface area contributed by atoms with E-state index in [1.54, 1.807) is 0 Å². The van der Waals surface area contributed by atoms with Gasteiger partial charge in [-0.3, -0.25) is 4.79 Å². The molecule has 2 atom stereocenters. The molecule has 1 amide bonds. The summed E-state index contributed by atoms with van der Waals surface area (Å²) in [5.74, 6) is 1.62. The minimum Gasteiger partial charge on any atom is -0.348 e. The number of nitrogens with zero attached hydrogens (tertiary/aromatic N) is 2. The maximum Gasteiger partial charge on any atom is 0.228 e. The smallest absolute Gasteiger partial charge is 0.228 e. The quantitative estimate of drug-likeness (QED) is 0.911. The van der Waals surface area contributed by atoms with Crippen LogP contribution in [0.3, 0.4) is 0 Å². The summed E-state index contributed by atoms with van der Waals surface area (Å²) in [6, 6.07) is 8.08. The zero-order valence-electron chi connectivity index (χ0n) is 13.6. The first-order chi connectivity index (χ1) is 11.2. The van der Waals surface area contributed by atoms with Gasteiger partial charge in [0, 0.05) is 13.6 Å². The van der Waals surface area contributed by atoms with Crippen LogP contribution in [0.25, 0.3) is 11.0 Å². The summed E-state index contributed by atoms with van der Waals surface area (Å²) in [5, 5.41) is 6.61. The van der Waals surface area contributed by atoms with Crippen molar-refractivity contribution in [3.63, 3.8) is 0 Å². The molecule has 2 aromatic rings. The summed E-state index contributed by atoms with van der Waals surface area (Å²) in [4.78, 5) is 17.6. The van der Waals surface area contributed by atoms with E-state index in [4.69, 9.17) is 0 Å². The summed E-state index contributed by atoms with van der Waals surface area (Å²) < 4.78 is 2.07. The summed E-state index contributed by atoms with van der Waals surface area (Å²) >= 11 is 0. The van der Waals surface area contributed by atoms with Crippen molar-refractivity contribution in [1.29, 1.82) is 0 Å². The van der Waals surface area contributed by atoms with Gasteiger partial charge in [-0.05, 0) is 37.4 Å². The molecule has 0 unspecified atom stereocenters. The van der Waals surface area contributed by atoms with Crippen molar-refractivity contribution in [2.24, 2.45) is 18.4 Å². The predicted molar refractivity (Wildman–Crippen MR) is 89.8 cm³/mol. The summed E-state index contributed by atoms with van der Waals surface area (Å²) in [5.41, 5.74) is 1.89. The molecule has 1 aromatic heterocycles. The van der Waals surface area contributed by atoms with Crippen LogP contribution in [-0.2, 0) is 18.4 Å². The second kappa shape index (κ2) is 5.64. The molecule has 1 saturated carbocycles. The van der Waals surface area contributed by atoms with E-state index >= 15 is 0 Å². The lowest BCUT2D eigenvalue weighted by atomic mass is 9.67. The van der Waals surface area contributed by atoms with Gasteiger partial charge in [0.05, 0.1) is 23.0 Å². The van der Waals surface area contributed by atoms with Crippen LogP contribution < -0.4 is 10.6 Å². The van der Waals surface area contributed by atoms with E-state index in [1.807, 2.05) is 25.2 Å². The molecule has 1 saturated heterocycles. The van der Waals surface area contributed by atoms with Crippen LogP contribution in [0.5, 0.6) is 0 Å². The molecule has 0 spiro atoms. The first-order valence-electron chi connectivity index (χ1n) is 8.60. The Balaban J connectivity index is 1.51. The van der Waals surface area contributed by atoms with E-state index in [9.17, 15) is 4.79 Å². The number of imidazole rings is 1. The Morgan fingerprint density at radius 1 is 1.43 bits per heavy atom. The topological polar surface area (TPSA) is 59.0 Å². The van der Waals surface area contributed by atoms with E-state index in [0.717, 1.165) is 42.8 Å². The first kappa shape index (κ1) is 14.7. The number of fused-ring (bicyclic) bond motifs is 2. The maximum atomic E-state index is 12.9. The molecule has 23 heavy (non-hydrogen) atoms. The largest absolute Gasteiger partial charge is 0.348 e. The highest BCUT2D eigenvalue weighted by Gasteiger charge is 2.49. The van der Waals surface area contributed by atoms with Gasteiger partial charge < -0.3 is 15.2 Å². The Kier molecular flexibility index (Phi) is 3.60. The third kappa shape index (κ3) is 2.34. The van der Waals surface area contributed by atoms with Crippen LogP contribution in [0.2, 0.25) is 0 Å². The molecular formula is C18H24N4O. The Hall–Kier alpha value is -1.88. The van der Waals surface area contributed by atoms with E-state index < -0.39 is 0 Å². The highest BCUT2D eigenvalue weighted by molar-refractivity contribution is 5.84. The number of carbonyl (C=O) groups excluding carboxylic acids is 1. The molecule has 0 bridgehead atoms. The van der Waals surface area contributed by atoms with Crippen LogP contribution in [0.4, 0.5) is 0 Å². The van der Waals surface area contributed by atoms with Gasteiger partial charge in [0.1, 0.15) is 5.82 Å². The molecule has 1 aliphatic heterocycles. The van der Waals surface area contributed by atoms with Gasteiger partial charge >= 0.3 is 0 Å². The third-order valence-corrected chi connectivity index (χ3v) is 5.78. The Morgan fingerprint density at radius 3 is 3.17 bits per heavy atom. The Bertz CT molecular complexity index is 738. The van der Waals surface area contributed by atoms with Gasteiger partial charge in [-0.25, -0.2) is 4.98 Å². The summed E-state index contributed by atoms with van der Waals surface area (Å²) in [7, 11) is 2.01. The lowest BCUT2D eigenvalue weighted by Crippen LogP contribution is -2.47. The average Bonchev–Trinajstić information content (AvgIpc) is 3.15. The van der Waals surface area contributed by atoms with Crippen molar-refractivity contribution in [1.82, 2.24) is 20.2 Å². The van der Waals surface area contributed by atoms with Gasteiger partial charge in [-0.2, -0.15) is 0 Å². The van der Waals surface area contributed by atoms with E-state index in [2.05, 4.69) is 26.3 Å². The molecule has 5 heteroatoms. The lowest BCUT2D eigenvalue weighted by Gasteiger charge is -2.37. The molecule has 0 radical (unpaired) electrons. The zero-order valence-corrected chi connectivity index (χ0v) is 13.6. The summed E-state index contributed by atoms with van der Waals surface area (Å²) in [6.07, 6.45) is 4.61. The first-order valence-corrected chi connectivity index (χ1v) is 8.60. The highest BCUT2D eigenvalue weighted by atomic mass is 16.2. The second-order valence-corrected chi connectivity index (χ2v) is 6.99.